The van der Waals surface area contributed by atoms with Gasteiger partial charge in [0.1, 0.15) is 0 Å². The van der Waals surface area contributed by atoms with E-state index in [4.69, 9.17) is 28.4 Å². The SMILES string of the molecule is CCCCOc1cc2c(cc1OCCCC)c1c(-c3ccccc3)c(OCCCC)c(OCCCC)c(-c3ccccc3)c1c1cc(OCCCC)c(OCCCC)c(-c3ccccc3)c21. The lowest BCUT2D eigenvalue weighted by Gasteiger charge is -2.27. The van der Waals surface area contributed by atoms with Gasteiger partial charge in [0.2, 0.25) is 0 Å². The lowest BCUT2D eigenvalue weighted by atomic mass is 9.82. The van der Waals surface area contributed by atoms with Crippen LogP contribution < -0.4 is 28.4 Å². The molecule has 6 heteroatoms. The molecule has 0 N–H and O–H groups in total. The van der Waals surface area contributed by atoms with E-state index in [0.717, 1.165) is 177 Å². The Balaban J connectivity index is 1.83. The van der Waals surface area contributed by atoms with Crippen molar-refractivity contribution in [1.29, 1.82) is 0 Å². The highest BCUT2D eigenvalue weighted by atomic mass is 16.5. The molecule has 0 amide bonds. The minimum absolute atomic E-state index is 0.551. The third-order valence-electron chi connectivity index (χ3n) is 12.2. The second-order valence-electron chi connectivity index (χ2n) is 17.3. The minimum atomic E-state index is 0.551. The zero-order valence-electron chi connectivity index (χ0n) is 40.6. The predicted molar refractivity (Wildman–Crippen MR) is 278 cm³/mol. The third-order valence-corrected chi connectivity index (χ3v) is 12.2. The van der Waals surface area contributed by atoms with Crippen molar-refractivity contribution in [2.24, 2.45) is 0 Å². The van der Waals surface area contributed by atoms with Crippen molar-refractivity contribution < 1.29 is 28.4 Å². The summed E-state index contributed by atoms with van der Waals surface area (Å²) in [4.78, 5) is 0. The van der Waals surface area contributed by atoms with Crippen LogP contribution >= 0.6 is 0 Å². The quantitative estimate of drug-likeness (QED) is 0.0379. The van der Waals surface area contributed by atoms with Crippen molar-refractivity contribution >= 4 is 32.3 Å². The van der Waals surface area contributed by atoms with E-state index < -0.39 is 0 Å². The maximum Gasteiger partial charge on any atom is 0.170 e. The average Bonchev–Trinajstić information content (AvgIpc) is 3.35. The van der Waals surface area contributed by atoms with Gasteiger partial charge in [-0.15, -0.1) is 0 Å². The van der Waals surface area contributed by atoms with Gasteiger partial charge in [0.05, 0.1) is 39.6 Å². The summed E-state index contributed by atoms with van der Waals surface area (Å²) in [6.45, 7) is 16.6. The molecule has 66 heavy (non-hydrogen) atoms. The van der Waals surface area contributed by atoms with Crippen molar-refractivity contribution in [3.05, 3.63) is 109 Å². The number of hydrogen-bond donors (Lipinski definition) is 0. The standard InChI is InChI=1S/C60H72O6/c1-7-13-34-61-49-40-46-47(41-50(49)62-35-14-8-2)56-53(44-30-24-20-25-31-44)59(65-38-17-11-5)60(66-39-18-12-6)54(45-32-26-21-27-33-45)57(56)48-42-51(63-36-15-9-3)58(64-37-16-10-4)52(55(46)48)43-28-22-19-23-29-43/h19-33,40-42H,7-18,34-39H2,1-6H3. The van der Waals surface area contributed by atoms with E-state index in [1.54, 1.807) is 0 Å². The first-order chi connectivity index (χ1) is 32.6. The van der Waals surface area contributed by atoms with Crippen molar-refractivity contribution in [3.63, 3.8) is 0 Å². The molecular weight excluding hydrogens is 817 g/mol. The Labute approximate surface area is 394 Å². The molecule has 0 heterocycles. The first-order valence-electron chi connectivity index (χ1n) is 25.2. The molecule has 7 rings (SSSR count). The fraction of sp³-hybridized carbons (Fsp3) is 0.400. The first kappa shape index (κ1) is 48.1. The fourth-order valence-electron chi connectivity index (χ4n) is 8.66. The van der Waals surface area contributed by atoms with Crippen molar-refractivity contribution in [2.45, 2.75) is 119 Å². The predicted octanol–water partition coefficient (Wildman–Crippen LogP) is 17.2. The van der Waals surface area contributed by atoms with Crippen LogP contribution in [0.4, 0.5) is 0 Å². The number of hydrogen-bond acceptors (Lipinski definition) is 6. The van der Waals surface area contributed by atoms with Gasteiger partial charge in [0.15, 0.2) is 34.5 Å². The Morgan fingerprint density at radius 3 is 0.955 bits per heavy atom. The van der Waals surface area contributed by atoms with E-state index in [1.807, 2.05) is 0 Å². The van der Waals surface area contributed by atoms with Gasteiger partial charge < -0.3 is 28.4 Å². The molecule has 0 aliphatic carbocycles. The molecule has 0 bridgehead atoms. The van der Waals surface area contributed by atoms with E-state index in [9.17, 15) is 0 Å². The molecule has 0 fully saturated rings. The summed E-state index contributed by atoms with van der Waals surface area (Å²) in [5.74, 6) is 4.50. The molecule has 0 aliphatic heterocycles. The van der Waals surface area contributed by atoms with Gasteiger partial charge in [-0.1, -0.05) is 171 Å². The van der Waals surface area contributed by atoms with Crippen LogP contribution in [0.5, 0.6) is 34.5 Å². The van der Waals surface area contributed by atoms with Gasteiger partial charge in [-0.25, -0.2) is 0 Å². The molecule has 0 radical (unpaired) electrons. The summed E-state index contributed by atoms with van der Waals surface area (Å²) in [7, 11) is 0. The minimum Gasteiger partial charge on any atom is -0.490 e. The summed E-state index contributed by atoms with van der Waals surface area (Å²) >= 11 is 0. The van der Waals surface area contributed by atoms with E-state index in [2.05, 4.69) is 151 Å². The van der Waals surface area contributed by atoms with Gasteiger partial charge in [0.25, 0.3) is 0 Å². The molecule has 0 unspecified atom stereocenters. The lowest BCUT2D eigenvalue weighted by molar-refractivity contribution is 0.262. The van der Waals surface area contributed by atoms with E-state index in [-0.39, 0.29) is 0 Å². The zero-order chi connectivity index (χ0) is 46.1. The highest BCUT2D eigenvalue weighted by Crippen LogP contribution is 2.58. The Kier molecular flexibility index (Phi) is 17.9. The molecule has 0 aromatic heterocycles. The maximum absolute atomic E-state index is 7.18. The normalized spacial score (nSPS) is 11.4. The van der Waals surface area contributed by atoms with Crippen molar-refractivity contribution in [3.8, 4) is 67.9 Å². The lowest BCUT2D eigenvalue weighted by Crippen LogP contribution is -2.08. The van der Waals surface area contributed by atoms with Crippen LogP contribution in [-0.2, 0) is 0 Å². The summed E-state index contributed by atoms with van der Waals surface area (Å²) in [6.07, 6.45) is 11.6. The van der Waals surface area contributed by atoms with Crippen LogP contribution in [0.3, 0.4) is 0 Å². The van der Waals surface area contributed by atoms with E-state index in [1.165, 1.54) is 0 Å². The van der Waals surface area contributed by atoms with Crippen LogP contribution in [0, 0.1) is 0 Å². The number of rotatable bonds is 27. The van der Waals surface area contributed by atoms with E-state index in [0.29, 0.717) is 39.6 Å². The maximum atomic E-state index is 7.18. The second-order valence-corrected chi connectivity index (χ2v) is 17.3. The van der Waals surface area contributed by atoms with Crippen molar-refractivity contribution in [2.75, 3.05) is 39.6 Å². The summed E-state index contributed by atoms with van der Waals surface area (Å²) < 4.78 is 41.8. The molecule has 6 nitrogen and oxygen atoms in total. The first-order valence-corrected chi connectivity index (χ1v) is 25.2. The van der Waals surface area contributed by atoms with Gasteiger partial charge in [-0.05, 0) is 89.6 Å². The Morgan fingerprint density at radius 2 is 0.576 bits per heavy atom. The largest absolute Gasteiger partial charge is 0.490 e. The highest BCUT2D eigenvalue weighted by molar-refractivity contribution is 6.36. The number of unbranched alkanes of at least 4 members (excludes halogenated alkanes) is 6. The molecule has 0 atom stereocenters. The van der Waals surface area contributed by atoms with Gasteiger partial charge in [-0.3, -0.25) is 0 Å². The van der Waals surface area contributed by atoms with Crippen LogP contribution in [0.25, 0.3) is 65.7 Å². The molecule has 7 aromatic rings. The molecule has 0 saturated heterocycles. The fourth-order valence-corrected chi connectivity index (χ4v) is 8.66. The number of ether oxygens (including phenoxy) is 6. The molecule has 0 saturated carbocycles. The summed E-state index contributed by atoms with van der Waals surface area (Å²) in [6, 6.07) is 38.9. The van der Waals surface area contributed by atoms with E-state index >= 15 is 0 Å². The third kappa shape index (κ3) is 10.9. The van der Waals surface area contributed by atoms with Crippen LogP contribution in [-0.4, -0.2) is 39.6 Å². The molecule has 348 valence electrons. The Hall–Kier alpha value is -5.88. The zero-order valence-corrected chi connectivity index (χ0v) is 40.6. The molecular formula is C60H72O6. The highest BCUT2D eigenvalue weighted by Gasteiger charge is 2.31. The van der Waals surface area contributed by atoms with Crippen LogP contribution in [0.15, 0.2) is 109 Å². The number of benzene rings is 7. The monoisotopic (exact) mass is 889 g/mol. The molecule has 0 aliphatic rings. The van der Waals surface area contributed by atoms with Crippen molar-refractivity contribution in [1.82, 2.24) is 0 Å². The van der Waals surface area contributed by atoms with Gasteiger partial charge >= 0.3 is 0 Å². The van der Waals surface area contributed by atoms with Gasteiger partial charge in [-0.2, -0.15) is 0 Å². The Morgan fingerprint density at radius 1 is 0.288 bits per heavy atom. The van der Waals surface area contributed by atoms with Crippen LogP contribution in [0.2, 0.25) is 0 Å². The second kappa shape index (κ2) is 24.6. The topological polar surface area (TPSA) is 55.4 Å². The van der Waals surface area contributed by atoms with Gasteiger partial charge in [0, 0.05) is 32.8 Å². The molecule has 0 spiro atoms. The smallest absolute Gasteiger partial charge is 0.170 e. The summed E-state index contributed by atoms with van der Waals surface area (Å²) in [5, 5.41) is 6.32. The average molecular weight is 889 g/mol. The number of fused-ring (bicyclic) bond motifs is 6. The molecule has 7 aromatic carbocycles. The Bertz CT molecular complexity index is 2600. The summed E-state index contributed by atoms with van der Waals surface area (Å²) in [5.41, 5.74) is 6.14. The van der Waals surface area contributed by atoms with Crippen LogP contribution in [0.1, 0.15) is 119 Å².